The van der Waals surface area contributed by atoms with Gasteiger partial charge in [0.05, 0.1) is 26.9 Å². The number of amides is 1. The summed E-state index contributed by atoms with van der Waals surface area (Å²) in [6.45, 7) is 5.63. The first-order valence-corrected chi connectivity index (χ1v) is 9.50. The molecule has 3 heterocycles. The molecule has 2 aromatic rings. The van der Waals surface area contributed by atoms with Crippen LogP contribution in [-0.4, -0.2) is 34.6 Å². The molecule has 8 heteroatoms. The first-order chi connectivity index (χ1) is 12.8. The summed E-state index contributed by atoms with van der Waals surface area (Å²) in [5, 5.41) is 3.88. The van der Waals surface area contributed by atoms with Gasteiger partial charge in [-0.25, -0.2) is 4.98 Å². The number of nitrogens with zero attached hydrogens (tertiary/aromatic N) is 2. The van der Waals surface area contributed by atoms with Gasteiger partial charge in [0.2, 0.25) is 5.91 Å². The fourth-order valence-corrected chi connectivity index (χ4v) is 3.83. The van der Waals surface area contributed by atoms with Crippen LogP contribution in [0.1, 0.15) is 37.0 Å². The highest BCUT2D eigenvalue weighted by Crippen LogP contribution is 2.35. The van der Waals surface area contributed by atoms with Crippen LogP contribution in [0.4, 0.5) is 5.82 Å². The fraction of sp³-hybridized carbons (Fsp3) is 0.421. The van der Waals surface area contributed by atoms with E-state index in [1.165, 1.54) is 6.20 Å². The van der Waals surface area contributed by atoms with Crippen molar-refractivity contribution in [2.24, 2.45) is 11.7 Å². The molecule has 27 heavy (non-hydrogen) atoms. The maximum Gasteiger partial charge on any atom is 0.250 e. The highest BCUT2D eigenvalue weighted by molar-refractivity contribution is 6.38. The van der Waals surface area contributed by atoms with Crippen molar-refractivity contribution in [1.29, 1.82) is 0 Å². The van der Waals surface area contributed by atoms with Gasteiger partial charge in [-0.05, 0) is 44.7 Å². The molecule has 1 amide bonds. The van der Waals surface area contributed by atoms with E-state index in [0.29, 0.717) is 34.6 Å². The van der Waals surface area contributed by atoms with E-state index in [1.807, 2.05) is 0 Å². The summed E-state index contributed by atoms with van der Waals surface area (Å²) in [6, 6.07) is 3.28. The highest BCUT2D eigenvalue weighted by atomic mass is 35.5. The van der Waals surface area contributed by atoms with E-state index >= 15 is 0 Å². The molecule has 1 unspecified atom stereocenters. The van der Waals surface area contributed by atoms with Gasteiger partial charge >= 0.3 is 0 Å². The second-order valence-corrected chi connectivity index (χ2v) is 8.07. The van der Waals surface area contributed by atoms with Crippen LogP contribution in [-0.2, 0) is 4.74 Å². The van der Waals surface area contributed by atoms with Crippen LogP contribution in [0.15, 0.2) is 24.5 Å². The van der Waals surface area contributed by atoms with E-state index in [4.69, 9.17) is 33.7 Å². The summed E-state index contributed by atoms with van der Waals surface area (Å²) in [4.78, 5) is 20.4. The lowest BCUT2D eigenvalue weighted by Gasteiger charge is -2.35. The van der Waals surface area contributed by atoms with Gasteiger partial charge in [0.1, 0.15) is 5.82 Å². The van der Waals surface area contributed by atoms with Crippen molar-refractivity contribution in [1.82, 2.24) is 9.97 Å². The van der Waals surface area contributed by atoms with Gasteiger partial charge in [0.15, 0.2) is 0 Å². The predicted molar refractivity (Wildman–Crippen MR) is 107 cm³/mol. The SMILES string of the molecule is CC1(C)CC(CNc2cc(C(N)=O)c(Cl)c(-c3ccncc3Cl)n2)CCO1. The Morgan fingerprint density at radius 3 is 2.89 bits per heavy atom. The van der Waals surface area contributed by atoms with Gasteiger partial charge in [0.25, 0.3) is 0 Å². The highest BCUT2D eigenvalue weighted by Gasteiger charge is 2.28. The van der Waals surface area contributed by atoms with Crippen LogP contribution in [0.25, 0.3) is 11.3 Å². The van der Waals surface area contributed by atoms with Gasteiger partial charge in [-0.1, -0.05) is 23.2 Å². The Balaban J connectivity index is 1.89. The van der Waals surface area contributed by atoms with E-state index in [1.54, 1.807) is 18.3 Å². The zero-order valence-corrected chi connectivity index (χ0v) is 16.8. The van der Waals surface area contributed by atoms with Crippen LogP contribution in [0.3, 0.4) is 0 Å². The molecule has 3 N–H and O–H groups in total. The number of pyridine rings is 2. The Morgan fingerprint density at radius 1 is 1.44 bits per heavy atom. The lowest BCUT2D eigenvalue weighted by atomic mass is 9.88. The Morgan fingerprint density at radius 2 is 2.22 bits per heavy atom. The Labute approximate surface area is 168 Å². The standard InChI is InChI=1S/C19H22Cl2N4O2/c1-19(2)8-11(4-6-27-19)9-24-15-7-13(18(22)26)16(21)17(25-15)12-3-5-23-10-14(12)20/h3,5,7,10-11H,4,6,8-9H2,1-2H3,(H2,22,26)(H,24,25). The van der Waals surface area contributed by atoms with Crippen molar-refractivity contribution >= 4 is 34.9 Å². The maximum atomic E-state index is 11.9. The van der Waals surface area contributed by atoms with Gasteiger partial charge in [-0.15, -0.1) is 0 Å². The molecule has 0 aliphatic carbocycles. The van der Waals surface area contributed by atoms with E-state index in [-0.39, 0.29) is 16.2 Å². The summed E-state index contributed by atoms with van der Waals surface area (Å²) >= 11 is 12.6. The van der Waals surface area contributed by atoms with Crippen LogP contribution in [0, 0.1) is 5.92 Å². The maximum absolute atomic E-state index is 11.9. The molecule has 0 bridgehead atoms. The van der Waals surface area contributed by atoms with Crippen molar-refractivity contribution in [2.45, 2.75) is 32.3 Å². The topological polar surface area (TPSA) is 90.1 Å². The van der Waals surface area contributed by atoms with E-state index in [0.717, 1.165) is 19.4 Å². The van der Waals surface area contributed by atoms with E-state index in [9.17, 15) is 4.79 Å². The number of anilines is 1. The summed E-state index contributed by atoms with van der Waals surface area (Å²) in [7, 11) is 0. The molecule has 6 nitrogen and oxygen atoms in total. The molecule has 0 aromatic carbocycles. The number of rotatable bonds is 5. The second-order valence-electron chi connectivity index (χ2n) is 7.29. The third-order valence-corrected chi connectivity index (χ3v) is 5.31. The Bertz CT molecular complexity index is 858. The fourth-order valence-electron chi connectivity index (χ4n) is 3.33. The van der Waals surface area contributed by atoms with E-state index < -0.39 is 5.91 Å². The van der Waals surface area contributed by atoms with Crippen LogP contribution in [0.2, 0.25) is 10.0 Å². The minimum absolute atomic E-state index is 0.133. The van der Waals surface area contributed by atoms with E-state index in [2.05, 4.69) is 29.1 Å². The summed E-state index contributed by atoms with van der Waals surface area (Å²) in [5.41, 5.74) is 6.56. The normalized spacial score (nSPS) is 18.9. The summed E-state index contributed by atoms with van der Waals surface area (Å²) < 4.78 is 5.76. The van der Waals surface area contributed by atoms with Crippen molar-refractivity contribution in [2.75, 3.05) is 18.5 Å². The van der Waals surface area contributed by atoms with Crippen molar-refractivity contribution < 1.29 is 9.53 Å². The van der Waals surface area contributed by atoms with Crippen LogP contribution >= 0.6 is 23.2 Å². The first kappa shape index (κ1) is 19.9. The second kappa shape index (κ2) is 8.00. The lowest BCUT2D eigenvalue weighted by Crippen LogP contribution is -2.36. The minimum atomic E-state index is -0.621. The lowest BCUT2D eigenvalue weighted by molar-refractivity contribution is -0.0699. The van der Waals surface area contributed by atoms with Crippen molar-refractivity contribution in [3.63, 3.8) is 0 Å². The van der Waals surface area contributed by atoms with Gasteiger partial charge in [0, 0.05) is 31.1 Å². The number of nitrogens with one attached hydrogen (secondary N) is 1. The predicted octanol–water partition coefficient (Wildman–Crippen LogP) is 4.17. The first-order valence-electron chi connectivity index (χ1n) is 8.75. The molecule has 1 aliphatic heterocycles. The molecular weight excluding hydrogens is 387 g/mol. The number of ether oxygens (including phenoxy) is 1. The smallest absolute Gasteiger partial charge is 0.250 e. The third-order valence-electron chi connectivity index (χ3n) is 4.62. The molecule has 1 atom stereocenters. The zero-order chi connectivity index (χ0) is 19.6. The number of aromatic nitrogens is 2. The summed E-state index contributed by atoms with van der Waals surface area (Å²) in [5.74, 6) is 0.348. The molecule has 3 rings (SSSR count). The molecular formula is C19H22Cl2N4O2. The zero-order valence-electron chi connectivity index (χ0n) is 15.3. The number of hydrogen-bond donors (Lipinski definition) is 2. The van der Waals surface area contributed by atoms with Crippen molar-refractivity contribution in [3.8, 4) is 11.3 Å². The molecule has 0 saturated carbocycles. The van der Waals surface area contributed by atoms with Crippen molar-refractivity contribution in [3.05, 3.63) is 40.1 Å². The monoisotopic (exact) mass is 408 g/mol. The number of carbonyl (C=O) groups excluding carboxylic acids is 1. The third kappa shape index (κ3) is 4.69. The molecule has 1 aliphatic rings. The van der Waals surface area contributed by atoms with Crippen LogP contribution in [0.5, 0.6) is 0 Å². The molecule has 0 spiro atoms. The minimum Gasteiger partial charge on any atom is -0.376 e. The quantitative estimate of drug-likeness (QED) is 0.774. The molecule has 1 saturated heterocycles. The van der Waals surface area contributed by atoms with Gasteiger partial charge in [-0.3, -0.25) is 9.78 Å². The Hall–Kier alpha value is -1.89. The van der Waals surface area contributed by atoms with Gasteiger partial charge < -0.3 is 15.8 Å². The largest absolute Gasteiger partial charge is 0.376 e. The average molecular weight is 409 g/mol. The van der Waals surface area contributed by atoms with Gasteiger partial charge in [-0.2, -0.15) is 0 Å². The number of nitrogens with two attached hydrogens (primary N) is 1. The van der Waals surface area contributed by atoms with Crippen LogP contribution < -0.4 is 11.1 Å². The molecule has 2 aromatic heterocycles. The Kier molecular flexibility index (Phi) is 5.89. The number of carbonyl (C=O) groups is 1. The number of primary amides is 1. The molecule has 144 valence electrons. The molecule has 0 radical (unpaired) electrons. The number of hydrogen-bond acceptors (Lipinski definition) is 5. The number of halogens is 2. The molecule has 1 fully saturated rings. The summed E-state index contributed by atoms with van der Waals surface area (Å²) in [6.07, 6.45) is 5.01. The average Bonchev–Trinajstić information content (AvgIpc) is 2.60.